The predicted octanol–water partition coefficient (Wildman–Crippen LogP) is -1.41. The van der Waals surface area contributed by atoms with E-state index in [-0.39, 0.29) is 12.5 Å². The van der Waals surface area contributed by atoms with Gasteiger partial charge in [0.05, 0.1) is 6.10 Å². The average Bonchev–Trinajstić information content (AvgIpc) is 2.34. The summed E-state index contributed by atoms with van der Waals surface area (Å²) < 4.78 is 5.61. The number of nitrogens with two attached hydrogens (primary N) is 1. The molecule has 1 heterocycles. The number of ether oxygens (including phenoxy) is 1. The molecule has 1 rings (SSSR count). The normalized spacial score (nSPS) is 39.0. The van der Waals surface area contributed by atoms with Crippen molar-refractivity contribution in [2.24, 2.45) is 11.7 Å². The van der Waals surface area contributed by atoms with Crippen LogP contribution in [0.15, 0.2) is 0 Å². The molecule has 6 heteroatoms. The molecular weight excluding hydrogens is 238 g/mol. The Morgan fingerprint density at radius 3 is 2.22 bits per heavy atom. The third-order valence-electron chi connectivity index (χ3n) is 3.55. The molecule has 0 aliphatic carbocycles. The summed E-state index contributed by atoms with van der Waals surface area (Å²) in [7, 11) is 0. The van der Waals surface area contributed by atoms with Crippen molar-refractivity contribution in [1.29, 1.82) is 0 Å². The van der Waals surface area contributed by atoms with Crippen LogP contribution in [0.1, 0.15) is 26.7 Å². The maximum Gasteiger partial charge on any atom is 0.111 e. The van der Waals surface area contributed by atoms with Gasteiger partial charge in [0.15, 0.2) is 0 Å². The van der Waals surface area contributed by atoms with E-state index in [0.717, 1.165) is 0 Å². The van der Waals surface area contributed by atoms with Crippen LogP contribution in [0.4, 0.5) is 0 Å². The van der Waals surface area contributed by atoms with Crippen molar-refractivity contribution in [3.63, 3.8) is 0 Å². The SMILES string of the molecule is CC(C)C(N)C1OC(CCCO)C(O)C(O)C1O. The van der Waals surface area contributed by atoms with E-state index in [1.54, 1.807) is 0 Å². The highest BCUT2D eigenvalue weighted by Crippen LogP contribution is 2.27. The minimum Gasteiger partial charge on any atom is -0.396 e. The Hall–Kier alpha value is -0.240. The molecule has 6 unspecified atom stereocenters. The quantitative estimate of drug-likeness (QED) is 0.416. The molecule has 1 aliphatic heterocycles. The van der Waals surface area contributed by atoms with Crippen molar-refractivity contribution < 1.29 is 25.2 Å². The summed E-state index contributed by atoms with van der Waals surface area (Å²) in [4.78, 5) is 0. The van der Waals surface area contributed by atoms with Crippen LogP contribution >= 0.6 is 0 Å². The second kappa shape index (κ2) is 6.79. The van der Waals surface area contributed by atoms with Crippen molar-refractivity contribution in [2.75, 3.05) is 6.61 Å². The van der Waals surface area contributed by atoms with Gasteiger partial charge in [0, 0.05) is 12.6 Å². The lowest BCUT2D eigenvalue weighted by atomic mass is 9.86. The highest BCUT2D eigenvalue weighted by Gasteiger charge is 2.45. The van der Waals surface area contributed by atoms with E-state index in [4.69, 9.17) is 15.6 Å². The summed E-state index contributed by atoms with van der Waals surface area (Å²) in [5.74, 6) is 0.0885. The van der Waals surface area contributed by atoms with Crippen LogP contribution in [0.25, 0.3) is 0 Å². The van der Waals surface area contributed by atoms with E-state index in [0.29, 0.717) is 12.8 Å². The van der Waals surface area contributed by atoms with Gasteiger partial charge in [-0.05, 0) is 18.8 Å². The van der Waals surface area contributed by atoms with Crippen molar-refractivity contribution in [3.05, 3.63) is 0 Å². The Morgan fingerprint density at radius 1 is 1.11 bits per heavy atom. The lowest BCUT2D eigenvalue weighted by molar-refractivity contribution is -0.230. The van der Waals surface area contributed by atoms with Crippen molar-refractivity contribution in [3.8, 4) is 0 Å². The first-order valence-corrected chi connectivity index (χ1v) is 6.46. The summed E-state index contributed by atoms with van der Waals surface area (Å²) >= 11 is 0. The van der Waals surface area contributed by atoms with Gasteiger partial charge in [0.25, 0.3) is 0 Å². The Bertz CT molecular complexity index is 251. The Kier molecular flexibility index (Phi) is 5.97. The molecule has 6 N–H and O–H groups in total. The highest BCUT2D eigenvalue weighted by molar-refractivity contribution is 4.96. The fourth-order valence-corrected chi connectivity index (χ4v) is 2.21. The molecule has 108 valence electrons. The fraction of sp³-hybridized carbons (Fsp3) is 1.00. The van der Waals surface area contributed by atoms with Gasteiger partial charge in [0.2, 0.25) is 0 Å². The van der Waals surface area contributed by atoms with Crippen LogP contribution in [0.5, 0.6) is 0 Å². The zero-order valence-corrected chi connectivity index (χ0v) is 10.9. The third-order valence-corrected chi connectivity index (χ3v) is 3.55. The third kappa shape index (κ3) is 3.40. The van der Waals surface area contributed by atoms with Gasteiger partial charge in [-0.3, -0.25) is 0 Å². The molecular formula is C12H25NO5. The van der Waals surface area contributed by atoms with Crippen LogP contribution < -0.4 is 5.73 Å². The summed E-state index contributed by atoms with van der Waals surface area (Å²) in [5.41, 5.74) is 5.95. The van der Waals surface area contributed by atoms with Crippen molar-refractivity contribution in [2.45, 2.75) is 63.3 Å². The maximum atomic E-state index is 9.91. The molecule has 1 saturated heterocycles. The summed E-state index contributed by atoms with van der Waals surface area (Å²) in [5, 5.41) is 38.3. The number of aliphatic hydroxyl groups is 4. The highest BCUT2D eigenvalue weighted by atomic mass is 16.5. The second-order valence-electron chi connectivity index (χ2n) is 5.30. The van der Waals surface area contributed by atoms with E-state index in [1.807, 2.05) is 13.8 Å². The Labute approximate surface area is 107 Å². The first kappa shape index (κ1) is 15.8. The molecule has 0 bridgehead atoms. The molecule has 0 aromatic heterocycles. The van der Waals surface area contributed by atoms with Gasteiger partial charge in [-0.25, -0.2) is 0 Å². The van der Waals surface area contributed by atoms with Crippen molar-refractivity contribution in [1.82, 2.24) is 0 Å². The zero-order valence-electron chi connectivity index (χ0n) is 10.9. The van der Waals surface area contributed by atoms with Crippen LogP contribution in [0.3, 0.4) is 0 Å². The number of hydrogen-bond acceptors (Lipinski definition) is 6. The van der Waals surface area contributed by atoms with Gasteiger partial charge in [-0.15, -0.1) is 0 Å². The molecule has 0 amide bonds. The topological polar surface area (TPSA) is 116 Å². The van der Waals surface area contributed by atoms with Gasteiger partial charge < -0.3 is 30.9 Å². The van der Waals surface area contributed by atoms with E-state index >= 15 is 0 Å². The van der Waals surface area contributed by atoms with Gasteiger partial charge in [0.1, 0.15) is 24.4 Å². The number of rotatable bonds is 5. The van der Waals surface area contributed by atoms with E-state index in [2.05, 4.69) is 0 Å². The zero-order chi connectivity index (χ0) is 13.9. The molecule has 18 heavy (non-hydrogen) atoms. The average molecular weight is 263 g/mol. The van der Waals surface area contributed by atoms with Gasteiger partial charge >= 0.3 is 0 Å². The molecule has 1 aliphatic rings. The number of hydrogen-bond donors (Lipinski definition) is 5. The monoisotopic (exact) mass is 263 g/mol. The molecule has 6 atom stereocenters. The molecule has 0 radical (unpaired) electrons. The predicted molar refractivity (Wildman–Crippen MR) is 65.8 cm³/mol. The first-order chi connectivity index (χ1) is 8.40. The second-order valence-corrected chi connectivity index (χ2v) is 5.30. The van der Waals surface area contributed by atoms with Gasteiger partial charge in [-0.2, -0.15) is 0 Å². The standard InChI is InChI=1S/C12H25NO5/c1-6(2)8(13)12-11(17)10(16)9(15)7(18-12)4-3-5-14/h6-12,14-17H,3-5,13H2,1-2H3. The van der Waals surface area contributed by atoms with E-state index in [1.165, 1.54) is 0 Å². The molecule has 0 aromatic rings. The Balaban J connectivity index is 2.73. The van der Waals surface area contributed by atoms with Crippen LogP contribution in [0, 0.1) is 5.92 Å². The number of aliphatic hydroxyl groups excluding tert-OH is 4. The van der Waals surface area contributed by atoms with Crippen LogP contribution in [0.2, 0.25) is 0 Å². The molecule has 6 nitrogen and oxygen atoms in total. The first-order valence-electron chi connectivity index (χ1n) is 6.46. The van der Waals surface area contributed by atoms with E-state index < -0.39 is 36.6 Å². The summed E-state index contributed by atoms with van der Waals surface area (Å²) in [6.45, 7) is 3.80. The maximum absolute atomic E-state index is 9.91. The fourth-order valence-electron chi connectivity index (χ4n) is 2.21. The lowest BCUT2D eigenvalue weighted by Gasteiger charge is -2.43. The lowest BCUT2D eigenvalue weighted by Crippen LogP contribution is -2.63. The summed E-state index contributed by atoms with van der Waals surface area (Å²) in [6.07, 6.45) is -4.03. The largest absolute Gasteiger partial charge is 0.396 e. The van der Waals surface area contributed by atoms with Crippen LogP contribution in [-0.4, -0.2) is 63.6 Å². The molecule has 1 fully saturated rings. The minimum atomic E-state index is -1.27. The molecule has 0 aromatic carbocycles. The van der Waals surface area contributed by atoms with Gasteiger partial charge in [-0.1, -0.05) is 13.8 Å². The summed E-state index contributed by atoms with van der Waals surface area (Å²) in [6, 6.07) is -0.418. The minimum absolute atomic E-state index is 0.00781. The van der Waals surface area contributed by atoms with Crippen LogP contribution in [-0.2, 0) is 4.74 Å². The molecule has 0 spiro atoms. The molecule has 0 saturated carbocycles. The smallest absolute Gasteiger partial charge is 0.111 e. The Morgan fingerprint density at radius 2 is 1.72 bits per heavy atom. The van der Waals surface area contributed by atoms with Crippen molar-refractivity contribution >= 4 is 0 Å². The van der Waals surface area contributed by atoms with E-state index in [9.17, 15) is 15.3 Å².